The second-order valence-corrected chi connectivity index (χ2v) is 5.46. The number of fused-ring (bicyclic) bond motifs is 1. The number of aromatic carboxylic acids is 1. The predicted octanol–water partition coefficient (Wildman–Crippen LogP) is 2.81. The fourth-order valence-electron chi connectivity index (χ4n) is 2.23. The normalized spacial score (nSPS) is 13.3. The van der Waals surface area contributed by atoms with E-state index in [0.29, 0.717) is 5.16 Å². The lowest BCUT2D eigenvalue weighted by atomic mass is 10.1. The Morgan fingerprint density at radius 2 is 2.05 bits per heavy atom. The standard InChI is InChI=1S/C14H12N2O2S/c17-13(18)12-6-7-15-14(16-12)19-11-5-4-9-2-1-3-10(9)8-11/h4-8H,1-3H2,(H,17,18). The van der Waals surface area contributed by atoms with Crippen LogP contribution in [-0.4, -0.2) is 21.0 Å². The topological polar surface area (TPSA) is 63.1 Å². The zero-order valence-corrected chi connectivity index (χ0v) is 11.0. The van der Waals surface area contributed by atoms with E-state index in [9.17, 15) is 4.79 Å². The van der Waals surface area contributed by atoms with Gasteiger partial charge in [0.05, 0.1) is 0 Å². The Hall–Kier alpha value is -1.88. The van der Waals surface area contributed by atoms with Crippen molar-refractivity contribution in [1.29, 1.82) is 0 Å². The molecule has 19 heavy (non-hydrogen) atoms. The molecule has 1 aromatic carbocycles. The Morgan fingerprint density at radius 3 is 2.89 bits per heavy atom. The molecule has 0 spiro atoms. The van der Waals surface area contributed by atoms with Crippen LogP contribution in [0.15, 0.2) is 40.5 Å². The maximum atomic E-state index is 10.9. The van der Waals surface area contributed by atoms with Gasteiger partial charge in [0.1, 0.15) is 0 Å². The van der Waals surface area contributed by atoms with Gasteiger partial charge in [-0.1, -0.05) is 6.07 Å². The van der Waals surface area contributed by atoms with Gasteiger partial charge < -0.3 is 5.11 Å². The van der Waals surface area contributed by atoms with Crippen molar-refractivity contribution >= 4 is 17.7 Å². The number of nitrogens with zero attached hydrogens (tertiary/aromatic N) is 2. The van der Waals surface area contributed by atoms with Crippen LogP contribution in [-0.2, 0) is 12.8 Å². The highest BCUT2D eigenvalue weighted by Gasteiger charge is 2.12. The van der Waals surface area contributed by atoms with E-state index in [0.717, 1.165) is 17.7 Å². The second-order valence-electron chi connectivity index (χ2n) is 4.42. The van der Waals surface area contributed by atoms with Crippen molar-refractivity contribution < 1.29 is 9.90 Å². The third-order valence-corrected chi connectivity index (χ3v) is 4.00. The molecule has 0 aliphatic heterocycles. The molecule has 0 saturated carbocycles. The molecule has 96 valence electrons. The lowest BCUT2D eigenvalue weighted by molar-refractivity contribution is 0.0689. The molecule has 1 heterocycles. The maximum absolute atomic E-state index is 10.9. The zero-order valence-electron chi connectivity index (χ0n) is 10.2. The number of hydrogen-bond donors (Lipinski definition) is 1. The quantitative estimate of drug-likeness (QED) is 0.870. The van der Waals surface area contributed by atoms with Gasteiger partial charge in [-0.05, 0) is 60.4 Å². The van der Waals surface area contributed by atoms with Crippen LogP contribution in [0, 0.1) is 0 Å². The molecule has 5 heteroatoms. The number of aryl methyl sites for hydroxylation is 2. The average Bonchev–Trinajstić information content (AvgIpc) is 2.86. The van der Waals surface area contributed by atoms with E-state index in [4.69, 9.17) is 5.11 Å². The molecular formula is C14H12N2O2S. The molecule has 1 N–H and O–H groups in total. The van der Waals surface area contributed by atoms with Crippen molar-refractivity contribution in [2.24, 2.45) is 0 Å². The summed E-state index contributed by atoms with van der Waals surface area (Å²) in [6, 6.07) is 7.75. The van der Waals surface area contributed by atoms with E-state index in [1.165, 1.54) is 41.6 Å². The first kappa shape index (κ1) is 12.2. The molecule has 2 aromatic rings. The van der Waals surface area contributed by atoms with Crippen LogP contribution in [0.5, 0.6) is 0 Å². The molecule has 1 aliphatic rings. The van der Waals surface area contributed by atoms with Crippen molar-refractivity contribution in [3.63, 3.8) is 0 Å². The first-order chi connectivity index (χ1) is 9.22. The number of benzene rings is 1. The molecule has 0 radical (unpaired) electrons. The Bertz CT molecular complexity index is 643. The van der Waals surface area contributed by atoms with Crippen LogP contribution < -0.4 is 0 Å². The van der Waals surface area contributed by atoms with Crippen LogP contribution >= 0.6 is 11.8 Å². The second kappa shape index (κ2) is 5.01. The molecule has 0 saturated heterocycles. The van der Waals surface area contributed by atoms with Crippen LogP contribution in [0.3, 0.4) is 0 Å². The Morgan fingerprint density at radius 1 is 1.21 bits per heavy atom. The summed E-state index contributed by atoms with van der Waals surface area (Å²) in [5.74, 6) is -1.03. The SMILES string of the molecule is O=C(O)c1ccnc(Sc2ccc3c(c2)CCC3)n1. The van der Waals surface area contributed by atoms with Crippen molar-refractivity contribution in [2.75, 3.05) is 0 Å². The molecule has 0 unspecified atom stereocenters. The predicted molar refractivity (Wildman–Crippen MR) is 71.6 cm³/mol. The molecule has 1 aromatic heterocycles. The Balaban J connectivity index is 1.85. The summed E-state index contributed by atoms with van der Waals surface area (Å²) in [6.07, 6.45) is 4.98. The summed E-state index contributed by atoms with van der Waals surface area (Å²) in [6.45, 7) is 0. The zero-order chi connectivity index (χ0) is 13.2. The van der Waals surface area contributed by atoms with Gasteiger partial charge in [-0.2, -0.15) is 0 Å². The highest BCUT2D eigenvalue weighted by molar-refractivity contribution is 7.99. The van der Waals surface area contributed by atoms with E-state index >= 15 is 0 Å². The summed E-state index contributed by atoms with van der Waals surface area (Å²) in [4.78, 5) is 20.0. The van der Waals surface area contributed by atoms with Crippen molar-refractivity contribution in [3.8, 4) is 0 Å². The van der Waals surface area contributed by atoms with Crippen LogP contribution in [0.1, 0.15) is 28.0 Å². The van der Waals surface area contributed by atoms with Gasteiger partial charge in [-0.25, -0.2) is 14.8 Å². The van der Waals surface area contributed by atoms with Gasteiger partial charge in [0, 0.05) is 11.1 Å². The monoisotopic (exact) mass is 272 g/mol. The number of aromatic nitrogens is 2. The number of carbonyl (C=O) groups is 1. The van der Waals surface area contributed by atoms with E-state index in [1.807, 2.05) is 6.07 Å². The molecular weight excluding hydrogens is 260 g/mol. The average molecular weight is 272 g/mol. The number of carboxylic acid groups (broad SMARTS) is 1. The molecule has 0 bridgehead atoms. The first-order valence-electron chi connectivity index (χ1n) is 6.08. The van der Waals surface area contributed by atoms with Crippen LogP contribution in [0.2, 0.25) is 0 Å². The van der Waals surface area contributed by atoms with E-state index in [-0.39, 0.29) is 5.69 Å². The third kappa shape index (κ3) is 2.61. The minimum atomic E-state index is -1.03. The smallest absolute Gasteiger partial charge is 0.354 e. The van der Waals surface area contributed by atoms with Gasteiger partial charge >= 0.3 is 5.97 Å². The molecule has 1 aliphatic carbocycles. The Kier molecular flexibility index (Phi) is 3.21. The summed E-state index contributed by atoms with van der Waals surface area (Å²) in [5, 5.41) is 9.37. The van der Waals surface area contributed by atoms with Gasteiger partial charge in [-0.15, -0.1) is 0 Å². The Labute approximate surface area is 114 Å². The fourth-order valence-corrected chi connectivity index (χ4v) is 3.03. The highest BCUT2D eigenvalue weighted by atomic mass is 32.2. The fraction of sp³-hybridized carbons (Fsp3) is 0.214. The largest absolute Gasteiger partial charge is 0.477 e. The number of carboxylic acids is 1. The lowest BCUT2D eigenvalue weighted by Gasteiger charge is -2.04. The molecule has 0 amide bonds. The molecule has 0 fully saturated rings. The van der Waals surface area contributed by atoms with E-state index < -0.39 is 5.97 Å². The minimum Gasteiger partial charge on any atom is -0.477 e. The van der Waals surface area contributed by atoms with Gasteiger partial charge in [0.2, 0.25) is 0 Å². The molecule has 0 atom stereocenters. The van der Waals surface area contributed by atoms with Gasteiger partial charge in [-0.3, -0.25) is 0 Å². The van der Waals surface area contributed by atoms with Crippen LogP contribution in [0.25, 0.3) is 0 Å². The maximum Gasteiger partial charge on any atom is 0.354 e. The van der Waals surface area contributed by atoms with Crippen LogP contribution in [0.4, 0.5) is 0 Å². The number of hydrogen-bond acceptors (Lipinski definition) is 4. The van der Waals surface area contributed by atoms with Crippen molar-refractivity contribution in [2.45, 2.75) is 29.3 Å². The van der Waals surface area contributed by atoms with E-state index in [1.54, 1.807) is 0 Å². The molecule has 4 nitrogen and oxygen atoms in total. The first-order valence-corrected chi connectivity index (χ1v) is 6.90. The lowest BCUT2D eigenvalue weighted by Crippen LogP contribution is -2.01. The molecule has 3 rings (SSSR count). The summed E-state index contributed by atoms with van der Waals surface area (Å²) < 4.78 is 0. The summed E-state index contributed by atoms with van der Waals surface area (Å²) in [7, 11) is 0. The van der Waals surface area contributed by atoms with Crippen molar-refractivity contribution in [1.82, 2.24) is 9.97 Å². The number of rotatable bonds is 3. The highest BCUT2D eigenvalue weighted by Crippen LogP contribution is 2.30. The van der Waals surface area contributed by atoms with Crippen molar-refractivity contribution in [3.05, 3.63) is 47.3 Å². The summed E-state index contributed by atoms with van der Waals surface area (Å²) >= 11 is 1.40. The van der Waals surface area contributed by atoms with Gasteiger partial charge in [0.25, 0.3) is 0 Å². The van der Waals surface area contributed by atoms with E-state index in [2.05, 4.69) is 22.1 Å². The summed E-state index contributed by atoms with van der Waals surface area (Å²) in [5.41, 5.74) is 2.84. The third-order valence-electron chi connectivity index (χ3n) is 3.13. The minimum absolute atomic E-state index is 0.0265. The van der Waals surface area contributed by atoms with Gasteiger partial charge in [0.15, 0.2) is 10.9 Å².